The summed E-state index contributed by atoms with van der Waals surface area (Å²) in [5.74, 6) is -0.244. The minimum Gasteiger partial charge on any atom is -0.504 e. The summed E-state index contributed by atoms with van der Waals surface area (Å²) in [6.45, 7) is 6.75. The standard InChI is InChI=1S/C14H21N3O6/c1-8(15-16-13(19)23-14(2,3)4)9-6-12(22-5)11(18)7-10(9)17(20)21/h6-8,15,18H,1-5H3,(H,16,19). The van der Waals surface area contributed by atoms with Crippen molar-refractivity contribution in [1.29, 1.82) is 0 Å². The number of ether oxygens (including phenoxy) is 2. The van der Waals surface area contributed by atoms with Crippen LogP contribution in [-0.4, -0.2) is 28.8 Å². The van der Waals surface area contributed by atoms with Crippen LogP contribution in [0.1, 0.15) is 39.3 Å². The number of nitrogens with zero attached hydrogens (tertiary/aromatic N) is 1. The van der Waals surface area contributed by atoms with Crippen molar-refractivity contribution in [3.05, 3.63) is 27.8 Å². The smallest absolute Gasteiger partial charge is 0.422 e. The Morgan fingerprint density at radius 3 is 2.48 bits per heavy atom. The Bertz CT molecular complexity index is 597. The number of phenols is 1. The second-order valence-corrected chi connectivity index (χ2v) is 5.83. The monoisotopic (exact) mass is 327 g/mol. The first-order chi connectivity index (χ1) is 10.5. The van der Waals surface area contributed by atoms with Crippen LogP contribution in [0.2, 0.25) is 0 Å². The molecule has 0 aliphatic rings. The summed E-state index contributed by atoms with van der Waals surface area (Å²) in [5, 5.41) is 20.8. The Hall–Kier alpha value is -2.55. The zero-order valence-electron chi connectivity index (χ0n) is 13.7. The minimum atomic E-state index is -0.710. The average Bonchev–Trinajstić information content (AvgIpc) is 2.42. The van der Waals surface area contributed by atoms with Crippen molar-refractivity contribution in [3.63, 3.8) is 0 Å². The third-order valence-electron chi connectivity index (χ3n) is 2.78. The largest absolute Gasteiger partial charge is 0.504 e. The number of aromatic hydroxyl groups is 1. The number of rotatable bonds is 5. The number of amides is 1. The van der Waals surface area contributed by atoms with E-state index in [1.54, 1.807) is 27.7 Å². The van der Waals surface area contributed by atoms with E-state index in [-0.39, 0.29) is 22.7 Å². The summed E-state index contributed by atoms with van der Waals surface area (Å²) < 4.78 is 10.0. The van der Waals surface area contributed by atoms with E-state index in [0.29, 0.717) is 0 Å². The molecular weight excluding hydrogens is 306 g/mol. The molecule has 0 aliphatic heterocycles. The molecule has 1 aromatic carbocycles. The van der Waals surface area contributed by atoms with Gasteiger partial charge in [-0.1, -0.05) is 0 Å². The molecule has 9 heteroatoms. The number of nitro benzene ring substituents is 1. The van der Waals surface area contributed by atoms with Gasteiger partial charge in [-0.2, -0.15) is 0 Å². The lowest BCUT2D eigenvalue weighted by molar-refractivity contribution is -0.385. The molecule has 0 saturated carbocycles. The molecule has 0 heterocycles. The molecule has 1 rings (SSSR count). The lowest BCUT2D eigenvalue weighted by atomic mass is 10.1. The number of carbonyl (C=O) groups excluding carboxylic acids is 1. The van der Waals surface area contributed by atoms with Gasteiger partial charge < -0.3 is 14.6 Å². The van der Waals surface area contributed by atoms with Crippen molar-refractivity contribution in [1.82, 2.24) is 10.9 Å². The fourth-order valence-electron chi connectivity index (χ4n) is 1.79. The molecule has 1 aromatic rings. The first-order valence-corrected chi connectivity index (χ1v) is 6.85. The number of benzene rings is 1. The second-order valence-electron chi connectivity index (χ2n) is 5.83. The Kier molecular flexibility index (Phi) is 5.74. The summed E-state index contributed by atoms with van der Waals surface area (Å²) in [4.78, 5) is 22.1. The van der Waals surface area contributed by atoms with Crippen LogP contribution in [0.25, 0.3) is 0 Å². The van der Waals surface area contributed by atoms with Crippen LogP contribution in [0.4, 0.5) is 10.5 Å². The van der Waals surface area contributed by atoms with Crippen molar-refractivity contribution in [3.8, 4) is 11.5 Å². The molecule has 0 aliphatic carbocycles. The maximum absolute atomic E-state index is 11.6. The van der Waals surface area contributed by atoms with Crippen LogP contribution in [0.15, 0.2) is 12.1 Å². The van der Waals surface area contributed by atoms with E-state index in [1.807, 2.05) is 0 Å². The van der Waals surface area contributed by atoms with Crippen LogP contribution in [0.3, 0.4) is 0 Å². The predicted molar refractivity (Wildman–Crippen MR) is 82.2 cm³/mol. The average molecular weight is 327 g/mol. The molecule has 128 valence electrons. The maximum Gasteiger partial charge on any atom is 0.422 e. The van der Waals surface area contributed by atoms with Gasteiger partial charge in [-0.15, -0.1) is 0 Å². The van der Waals surface area contributed by atoms with E-state index >= 15 is 0 Å². The number of hydrogen-bond acceptors (Lipinski definition) is 7. The Labute approximate surface area is 133 Å². The molecule has 0 radical (unpaired) electrons. The zero-order valence-corrected chi connectivity index (χ0v) is 13.7. The SMILES string of the molecule is COc1cc(C(C)NNC(=O)OC(C)(C)C)c([N+](=O)[O-])cc1O. The van der Waals surface area contributed by atoms with Gasteiger partial charge in [-0.25, -0.2) is 10.2 Å². The number of hydrogen-bond donors (Lipinski definition) is 3. The molecule has 0 fully saturated rings. The van der Waals surface area contributed by atoms with Crippen LogP contribution >= 0.6 is 0 Å². The van der Waals surface area contributed by atoms with Gasteiger partial charge in [0.15, 0.2) is 11.5 Å². The summed E-state index contributed by atoms with van der Waals surface area (Å²) in [5.41, 5.74) is 4.22. The lowest BCUT2D eigenvalue weighted by Crippen LogP contribution is -2.42. The Balaban J connectivity index is 2.92. The summed E-state index contributed by atoms with van der Waals surface area (Å²) in [6, 6.07) is 1.71. The third-order valence-corrected chi connectivity index (χ3v) is 2.78. The molecule has 9 nitrogen and oxygen atoms in total. The second kappa shape index (κ2) is 7.14. The van der Waals surface area contributed by atoms with E-state index in [1.165, 1.54) is 13.2 Å². The van der Waals surface area contributed by atoms with Gasteiger partial charge in [-0.3, -0.25) is 15.5 Å². The molecule has 1 unspecified atom stereocenters. The highest BCUT2D eigenvalue weighted by Gasteiger charge is 2.24. The fraction of sp³-hybridized carbons (Fsp3) is 0.500. The van der Waals surface area contributed by atoms with E-state index in [9.17, 15) is 20.0 Å². The van der Waals surface area contributed by atoms with Gasteiger partial charge in [0.05, 0.1) is 29.7 Å². The summed E-state index contributed by atoms with van der Waals surface area (Å²) in [6.07, 6.45) is -0.710. The highest BCUT2D eigenvalue weighted by molar-refractivity contribution is 5.67. The maximum atomic E-state index is 11.6. The van der Waals surface area contributed by atoms with Crippen LogP contribution in [0.5, 0.6) is 11.5 Å². The molecule has 1 atom stereocenters. The fourth-order valence-corrected chi connectivity index (χ4v) is 1.79. The third kappa shape index (κ3) is 5.29. The summed E-state index contributed by atoms with van der Waals surface area (Å²) >= 11 is 0. The van der Waals surface area contributed by atoms with Crippen molar-refractivity contribution < 1.29 is 24.3 Å². The van der Waals surface area contributed by atoms with Crippen LogP contribution < -0.4 is 15.6 Å². The normalized spacial score (nSPS) is 12.4. The van der Waals surface area contributed by atoms with Crippen molar-refractivity contribution >= 4 is 11.8 Å². The van der Waals surface area contributed by atoms with Gasteiger partial charge >= 0.3 is 6.09 Å². The molecule has 1 amide bonds. The van der Waals surface area contributed by atoms with E-state index in [0.717, 1.165) is 6.07 Å². The molecular formula is C14H21N3O6. The first kappa shape index (κ1) is 18.5. The Morgan fingerprint density at radius 2 is 2.00 bits per heavy atom. The first-order valence-electron chi connectivity index (χ1n) is 6.85. The molecule has 0 aromatic heterocycles. The van der Waals surface area contributed by atoms with Gasteiger partial charge in [-0.05, 0) is 33.8 Å². The highest BCUT2D eigenvalue weighted by atomic mass is 16.6. The van der Waals surface area contributed by atoms with Crippen LogP contribution in [-0.2, 0) is 4.74 Å². The van der Waals surface area contributed by atoms with E-state index in [2.05, 4.69) is 10.9 Å². The van der Waals surface area contributed by atoms with Gasteiger partial charge in [0.2, 0.25) is 0 Å². The number of phenolic OH excluding ortho intramolecular Hbond substituents is 1. The number of nitrogens with one attached hydrogen (secondary N) is 2. The molecule has 23 heavy (non-hydrogen) atoms. The zero-order chi connectivity index (χ0) is 17.8. The number of methoxy groups -OCH3 is 1. The van der Waals surface area contributed by atoms with E-state index in [4.69, 9.17) is 9.47 Å². The Morgan fingerprint density at radius 1 is 1.39 bits per heavy atom. The van der Waals surface area contributed by atoms with Crippen molar-refractivity contribution in [2.24, 2.45) is 0 Å². The highest BCUT2D eigenvalue weighted by Crippen LogP contribution is 2.36. The summed E-state index contributed by atoms with van der Waals surface area (Å²) in [7, 11) is 1.34. The van der Waals surface area contributed by atoms with E-state index < -0.39 is 22.7 Å². The topological polar surface area (TPSA) is 123 Å². The number of hydrazine groups is 1. The lowest BCUT2D eigenvalue weighted by Gasteiger charge is -2.21. The molecule has 0 spiro atoms. The quantitative estimate of drug-likeness (QED) is 0.560. The molecule has 0 bridgehead atoms. The number of nitro groups is 1. The van der Waals surface area contributed by atoms with Crippen molar-refractivity contribution in [2.45, 2.75) is 39.3 Å². The minimum absolute atomic E-state index is 0.0940. The molecule has 3 N–H and O–H groups in total. The van der Waals surface area contributed by atoms with Crippen LogP contribution in [0, 0.1) is 10.1 Å². The van der Waals surface area contributed by atoms with Gasteiger partial charge in [0.25, 0.3) is 5.69 Å². The number of carbonyl (C=O) groups is 1. The van der Waals surface area contributed by atoms with Gasteiger partial charge in [0.1, 0.15) is 5.60 Å². The van der Waals surface area contributed by atoms with Gasteiger partial charge in [0, 0.05) is 0 Å². The predicted octanol–water partition coefficient (Wildman–Crippen LogP) is 2.40. The van der Waals surface area contributed by atoms with Crippen molar-refractivity contribution in [2.75, 3.05) is 7.11 Å². The molecule has 0 saturated heterocycles.